The van der Waals surface area contributed by atoms with Crippen LogP contribution >= 0.6 is 0 Å². The summed E-state index contributed by atoms with van der Waals surface area (Å²) in [7, 11) is 0. The summed E-state index contributed by atoms with van der Waals surface area (Å²) in [5, 5.41) is 2.51. The molecule has 0 saturated carbocycles. The summed E-state index contributed by atoms with van der Waals surface area (Å²) in [6, 6.07) is 10.2. The van der Waals surface area contributed by atoms with Crippen molar-refractivity contribution in [2.75, 3.05) is 19.8 Å². The molecule has 0 unspecified atom stereocenters. The second-order valence-electron chi connectivity index (χ2n) is 8.14. The van der Waals surface area contributed by atoms with Gasteiger partial charge >= 0.3 is 11.9 Å². The van der Waals surface area contributed by atoms with Crippen molar-refractivity contribution in [1.29, 1.82) is 0 Å². The third-order valence-corrected chi connectivity index (χ3v) is 5.34. The molecule has 1 aromatic carbocycles. The maximum atomic E-state index is 12.6. The van der Waals surface area contributed by atoms with Gasteiger partial charge in [-0.25, -0.2) is 9.59 Å². The number of carbonyl (C=O) groups excluding carboxylic acids is 3. The normalized spacial score (nSPS) is 11.1. The first kappa shape index (κ1) is 28.6. The van der Waals surface area contributed by atoms with Crippen LogP contribution in [0.1, 0.15) is 84.1 Å². The molecule has 7 nitrogen and oxygen atoms in total. The summed E-state index contributed by atoms with van der Waals surface area (Å²) < 4.78 is 15.9. The summed E-state index contributed by atoms with van der Waals surface area (Å²) in [5.41, 5.74) is -0.566. The second-order valence-corrected chi connectivity index (χ2v) is 8.14. The minimum atomic E-state index is -1.77. The van der Waals surface area contributed by atoms with Crippen LogP contribution in [0, 0.1) is 0 Å². The molecule has 0 aliphatic heterocycles. The Bertz CT molecular complexity index is 673. The molecule has 1 amide bonds. The van der Waals surface area contributed by atoms with Crippen LogP contribution in [0.5, 0.6) is 0 Å². The Hall–Kier alpha value is -2.41. The van der Waals surface area contributed by atoms with Gasteiger partial charge in [0.15, 0.2) is 0 Å². The van der Waals surface area contributed by atoms with E-state index < -0.39 is 23.4 Å². The van der Waals surface area contributed by atoms with Crippen molar-refractivity contribution in [3.05, 3.63) is 35.9 Å². The molecule has 0 saturated heterocycles. The van der Waals surface area contributed by atoms with E-state index in [-0.39, 0.29) is 19.6 Å². The van der Waals surface area contributed by atoms with Crippen molar-refractivity contribution in [3.63, 3.8) is 0 Å². The fraction of sp³-hybridized carbons (Fsp3) is 0.654. The van der Waals surface area contributed by atoms with Crippen LogP contribution < -0.4 is 5.32 Å². The molecule has 0 bridgehead atoms. The smallest absolute Gasteiger partial charge is 0.343 e. The van der Waals surface area contributed by atoms with E-state index in [0.717, 1.165) is 51.6 Å². The Balaban J connectivity index is 2.25. The van der Waals surface area contributed by atoms with Crippen LogP contribution in [0.25, 0.3) is 0 Å². The zero-order valence-electron chi connectivity index (χ0n) is 20.5. The van der Waals surface area contributed by atoms with Gasteiger partial charge in [-0.3, -0.25) is 4.79 Å². The number of unbranched alkanes of at least 4 members (excludes halogenated alkanes) is 7. The molecule has 0 heterocycles. The third-order valence-electron chi connectivity index (χ3n) is 5.34. The van der Waals surface area contributed by atoms with Crippen LogP contribution in [-0.2, 0) is 35.2 Å². The van der Waals surface area contributed by atoms with Gasteiger partial charge < -0.3 is 19.5 Å². The fourth-order valence-corrected chi connectivity index (χ4v) is 3.68. The van der Waals surface area contributed by atoms with Crippen molar-refractivity contribution >= 4 is 17.8 Å². The van der Waals surface area contributed by atoms with Crippen LogP contribution in [-0.4, -0.2) is 43.2 Å². The molecule has 186 valence electrons. The molecule has 33 heavy (non-hydrogen) atoms. The number of rotatable bonds is 18. The van der Waals surface area contributed by atoms with E-state index in [1.165, 1.54) is 12.5 Å². The number of ether oxygens (including phenoxy) is 3. The average Bonchev–Trinajstić information content (AvgIpc) is 2.79. The standard InChI is InChI=1S/C26H41NO6/c1-4-32-24(29)26(27-22(3)28,25(30)33-5-2)19-15-10-8-6-7-9-11-16-20-31-21-23-17-13-12-14-18-23/h12-14,17-18H,4-11,15-16,19-21H2,1-3H3,(H,27,28). The van der Waals surface area contributed by atoms with E-state index in [1.807, 2.05) is 18.2 Å². The molecule has 0 fully saturated rings. The van der Waals surface area contributed by atoms with Gasteiger partial charge in [-0.05, 0) is 38.7 Å². The zero-order chi connectivity index (χ0) is 24.4. The van der Waals surface area contributed by atoms with Gasteiger partial charge in [0.2, 0.25) is 11.4 Å². The largest absolute Gasteiger partial charge is 0.464 e. The Kier molecular flexibility index (Phi) is 14.8. The van der Waals surface area contributed by atoms with Gasteiger partial charge in [-0.15, -0.1) is 0 Å². The molecule has 1 rings (SSSR count). The van der Waals surface area contributed by atoms with Crippen molar-refractivity contribution in [2.24, 2.45) is 0 Å². The third kappa shape index (κ3) is 11.3. The highest BCUT2D eigenvalue weighted by Crippen LogP contribution is 2.21. The minimum Gasteiger partial charge on any atom is -0.464 e. The summed E-state index contributed by atoms with van der Waals surface area (Å²) in [4.78, 5) is 36.8. The van der Waals surface area contributed by atoms with E-state index in [0.29, 0.717) is 13.0 Å². The lowest BCUT2D eigenvalue weighted by Crippen LogP contribution is -2.61. The molecule has 1 N–H and O–H groups in total. The van der Waals surface area contributed by atoms with Crippen molar-refractivity contribution in [1.82, 2.24) is 5.32 Å². The number of nitrogens with one attached hydrogen (secondary N) is 1. The molecular formula is C26H41NO6. The van der Waals surface area contributed by atoms with E-state index >= 15 is 0 Å². The van der Waals surface area contributed by atoms with E-state index in [9.17, 15) is 14.4 Å². The lowest BCUT2D eigenvalue weighted by atomic mass is 9.91. The van der Waals surface area contributed by atoms with E-state index in [1.54, 1.807) is 13.8 Å². The highest BCUT2D eigenvalue weighted by molar-refractivity contribution is 6.07. The van der Waals surface area contributed by atoms with Gasteiger partial charge in [0.25, 0.3) is 0 Å². The lowest BCUT2D eigenvalue weighted by Gasteiger charge is -2.29. The van der Waals surface area contributed by atoms with Crippen LogP contribution in [0.15, 0.2) is 30.3 Å². The second kappa shape index (κ2) is 17.1. The van der Waals surface area contributed by atoms with Gasteiger partial charge in [0.05, 0.1) is 19.8 Å². The van der Waals surface area contributed by atoms with Gasteiger partial charge in [0.1, 0.15) is 0 Å². The highest BCUT2D eigenvalue weighted by atomic mass is 16.6. The molecule has 7 heteroatoms. The molecule has 1 aromatic rings. The number of hydrogen-bond donors (Lipinski definition) is 1. The molecule has 0 aliphatic carbocycles. The molecule has 0 aromatic heterocycles. The van der Waals surface area contributed by atoms with Gasteiger partial charge in [0, 0.05) is 13.5 Å². The number of hydrogen-bond acceptors (Lipinski definition) is 6. The molecule has 0 spiro atoms. The van der Waals surface area contributed by atoms with Gasteiger partial charge in [-0.1, -0.05) is 68.9 Å². The quantitative estimate of drug-likeness (QED) is 0.193. The highest BCUT2D eigenvalue weighted by Gasteiger charge is 2.49. The monoisotopic (exact) mass is 463 g/mol. The molecule has 0 radical (unpaired) electrons. The SMILES string of the molecule is CCOC(=O)C(CCCCCCCCCCOCc1ccccc1)(NC(C)=O)C(=O)OCC. The maximum Gasteiger partial charge on any atom is 0.343 e. The van der Waals surface area contributed by atoms with E-state index in [4.69, 9.17) is 14.2 Å². The maximum absolute atomic E-state index is 12.6. The number of carbonyl (C=O) groups is 3. The minimum absolute atomic E-state index is 0.122. The average molecular weight is 464 g/mol. The van der Waals surface area contributed by atoms with Crippen LogP contribution in [0.2, 0.25) is 0 Å². The molecule has 0 aliphatic rings. The molecular weight excluding hydrogens is 422 g/mol. The summed E-state index contributed by atoms with van der Waals surface area (Å²) in [5.74, 6) is -1.98. The van der Waals surface area contributed by atoms with Crippen LogP contribution in [0.3, 0.4) is 0 Å². The number of amides is 1. The van der Waals surface area contributed by atoms with Crippen molar-refractivity contribution < 1.29 is 28.6 Å². The topological polar surface area (TPSA) is 90.9 Å². The Morgan fingerprint density at radius 2 is 1.30 bits per heavy atom. The molecule has 0 atom stereocenters. The number of benzene rings is 1. The number of esters is 2. The first-order chi connectivity index (χ1) is 16.0. The fourth-order valence-electron chi connectivity index (χ4n) is 3.68. The summed E-state index contributed by atoms with van der Waals surface area (Å²) in [6.45, 7) is 6.29. The Labute approximate surface area is 198 Å². The van der Waals surface area contributed by atoms with Crippen molar-refractivity contribution in [2.45, 2.75) is 90.7 Å². The Morgan fingerprint density at radius 3 is 1.82 bits per heavy atom. The summed E-state index contributed by atoms with van der Waals surface area (Å²) >= 11 is 0. The van der Waals surface area contributed by atoms with Crippen molar-refractivity contribution in [3.8, 4) is 0 Å². The first-order valence-corrected chi connectivity index (χ1v) is 12.2. The predicted molar refractivity (Wildman–Crippen MR) is 127 cm³/mol. The first-order valence-electron chi connectivity index (χ1n) is 12.2. The lowest BCUT2D eigenvalue weighted by molar-refractivity contribution is -0.168. The van der Waals surface area contributed by atoms with Crippen LogP contribution in [0.4, 0.5) is 0 Å². The Morgan fingerprint density at radius 1 is 0.788 bits per heavy atom. The summed E-state index contributed by atoms with van der Waals surface area (Å²) in [6.07, 6.45) is 8.26. The van der Waals surface area contributed by atoms with Gasteiger partial charge in [-0.2, -0.15) is 0 Å². The zero-order valence-corrected chi connectivity index (χ0v) is 20.5. The van der Waals surface area contributed by atoms with E-state index in [2.05, 4.69) is 17.4 Å². The predicted octanol–water partition coefficient (Wildman–Crippen LogP) is 4.72.